The standard InChI is InChI=1S/C11H16N.ClH.Zn/c1-3-12(4-2)10-11-8-6-5-7-9-11;;/h5-8H,3-4,10H2,1-2H3;1H;/q-1;;+2/p-1. The van der Waals surface area contributed by atoms with Gasteiger partial charge >= 0.3 is 27.0 Å². The molecule has 3 heteroatoms. The van der Waals surface area contributed by atoms with Crippen LogP contribution in [0.25, 0.3) is 0 Å². The number of benzene rings is 1. The summed E-state index contributed by atoms with van der Waals surface area (Å²) < 4.78 is 0. The van der Waals surface area contributed by atoms with Gasteiger partial charge in [-0.15, -0.1) is 5.56 Å². The first kappa shape index (κ1) is 14.1. The van der Waals surface area contributed by atoms with Crippen molar-refractivity contribution in [2.45, 2.75) is 20.4 Å². The van der Waals surface area contributed by atoms with Gasteiger partial charge in [-0.3, -0.25) is 0 Å². The van der Waals surface area contributed by atoms with Gasteiger partial charge in [0.2, 0.25) is 0 Å². The average Bonchev–Trinajstić information content (AvgIpc) is 2.30. The van der Waals surface area contributed by atoms with Gasteiger partial charge in [0.1, 0.15) is 0 Å². The van der Waals surface area contributed by atoms with Gasteiger partial charge in [0.25, 0.3) is 0 Å². The molecule has 0 aromatic heterocycles. The molecule has 0 atom stereocenters. The van der Waals surface area contributed by atoms with Gasteiger partial charge in [0, 0.05) is 6.54 Å². The monoisotopic (exact) mass is 261 g/mol. The molecule has 0 heterocycles. The first-order chi connectivity index (χ1) is 6.86. The van der Waals surface area contributed by atoms with Crippen LogP contribution in [0.5, 0.6) is 0 Å². The van der Waals surface area contributed by atoms with Crippen LogP contribution < -0.4 is 0 Å². The topological polar surface area (TPSA) is 3.24 Å². The molecule has 1 rings (SSSR count). The Morgan fingerprint density at radius 3 is 2.36 bits per heavy atom. The van der Waals surface area contributed by atoms with E-state index in [1.807, 2.05) is 12.1 Å². The minimum atomic E-state index is 0.847. The molecule has 74 valence electrons. The van der Waals surface area contributed by atoms with Crippen molar-refractivity contribution in [3.05, 3.63) is 35.9 Å². The van der Waals surface area contributed by atoms with Crippen molar-refractivity contribution in [1.29, 1.82) is 0 Å². The molecule has 0 radical (unpaired) electrons. The molecule has 0 N–H and O–H groups in total. The van der Waals surface area contributed by atoms with Crippen LogP contribution >= 0.6 is 9.69 Å². The number of halogens is 1. The second-order valence-corrected chi connectivity index (χ2v) is 2.85. The van der Waals surface area contributed by atoms with Gasteiger partial charge in [-0.1, -0.05) is 13.8 Å². The van der Waals surface area contributed by atoms with Gasteiger partial charge in [-0.05, 0) is 13.1 Å². The van der Waals surface area contributed by atoms with E-state index in [2.05, 4.69) is 36.9 Å². The molecule has 1 aromatic rings. The van der Waals surface area contributed by atoms with E-state index in [0.717, 1.165) is 36.9 Å². The number of hydrogen-bond acceptors (Lipinski definition) is 1. The van der Waals surface area contributed by atoms with E-state index in [9.17, 15) is 0 Å². The summed E-state index contributed by atoms with van der Waals surface area (Å²) in [6.07, 6.45) is 0. The molecule has 0 amide bonds. The SMILES string of the molecule is CCN(CC)Cc1[c-]cccc1.[Cl][Zn+]. The van der Waals surface area contributed by atoms with E-state index in [-0.39, 0.29) is 0 Å². The molecule has 0 aliphatic carbocycles. The fourth-order valence-electron chi connectivity index (χ4n) is 1.22. The molecule has 0 aliphatic rings. The number of nitrogens with zero attached hydrogens (tertiary/aromatic N) is 1. The third kappa shape index (κ3) is 5.75. The summed E-state index contributed by atoms with van der Waals surface area (Å²) in [5.41, 5.74) is 1.28. The van der Waals surface area contributed by atoms with Crippen molar-refractivity contribution in [2.75, 3.05) is 13.1 Å². The van der Waals surface area contributed by atoms with E-state index in [1.165, 1.54) is 5.56 Å². The van der Waals surface area contributed by atoms with Crippen LogP contribution in [-0.2, 0) is 23.9 Å². The Morgan fingerprint density at radius 2 is 1.93 bits per heavy atom. The van der Waals surface area contributed by atoms with E-state index in [0.29, 0.717) is 0 Å². The van der Waals surface area contributed by atoms with E-state index in [4.69, 9.17) is 9.69 Å². The first-order valence-corrected chi connectivity index (χ1v) is 8.71. The van der Waals surface area contributed by atoms with Crippen molar-refractivity contribution < 1.29 is 17.3 Å². The summed E-state index contributed by atoms with van der Waals surface area (Å²) in [6, 6.07) is 11.4. The van der Waals surface area contributed by atoms with Crippen molar-refractivity contribution >= 4 is 9.69 Å². The van der Waals surface area contributed by atoms with E-state index >= 15 is 0 Å². The Labute approximate surface area is 101 Å². The summed E-state index contributed by atoms with van der Waals surface area (Å²) in [6.45, 7) is 7.62. The Hall–Kier alpha value is 0.0934. The number of hydrogen-bond donors (Lipinski definition) is 0. The normalized spacial score (nSPS) is 9.57. The Kier molecular flexibility index (Phi) is 9.71. The van der Waals surface area contributed by atoms with Crippen LogP contribution in [-0.4, -0.2) is 18.0 Å². The van der Waals surface area contributed by atoms with Gasteiger partial charge in [-0.2, -0.15) is 30.3 Å². The Balaban J connectivity index is 0.000000791. The molecular weight excluding hydrogens is 247 g/mol. The Morgan fingerprint density at radius 1 is 1.29 bits per heavy atom. The zero-order valence-electron chi connectivity index (χ0n) is 8.96. The molecule has 0 saturated heterocycles. The van der Waals surface area contributed by atoms with Crippen molar-refractivity contribution in [3.63, 3.8) is 0 Å². The van der Waals surface area contributed by atoms with Crippen LogP contribution in [0.1, 0.15) is 19.4 Å². The number of rotatable bonds is 4. The zero-order chi connectivity index (χ0) is 10.8. The second kappa shape index (κ2) is 9.64. The van der Waals surface area contributed by atoms with Crippen LogP contribution in [0.2, 0.25) is 0 Å². The van der Waals surface area contributed by atoms with Crippen molar-refractivity contribution in [3.8, 4) is 0 Å². The van der Waals surface area contributed by atoms with Crippen LogP contribution in [0.3, 0.4) is 0 Å². The van der Waals surface area contributed by atoms with Gasteiger partial charge in [0.05, 0.1) is 0 Å². The minimum absolute atomic E-state index is 0.847. The van der Waals surface area contributed by atoms with Crippen molar-refractivity contribution in [1.82, 2.24) is 4.90 Å². The third-order valence-electron chi connectivity index (χ3n) is 2.06. The molecule has 0 saturated carbocycles. The van der Waals surface area contributed by atoms with Crippen LogP contribution in [0, 0.1) is 6.07 Å². The van der Waals surface area contributed by atoms with E-state index < -0.39 is 0 Å². The average molecular weight is 263 g/mol. The van der Waals surface area contributed by atoms with Crippen LogP contribution in [0.4, 0.5) is 0 Å². The van der Waals surface area contributed by atoms with Crippen molar-refractivity contribution in [2.24, 2.45) is 0 Å². The summed E-state index contributed by atoms with van der Waals surface area (Å²) in [5.74, 6) is 0. The molecule has 1 aromatic carbocycles. The van der Waals surface area contributed by atoms with Gasteiger partial charge < -0.3 is 4.90 Å². The quantitative estimate of drug-likeness (QED) is 0.596. The fraction of sp³-hybridized carbons (Fsp3) is 0.455. The van der Waals surface area contributed by atoms with Crippen LogP contribution in [0.15, 0.2) is 24.3 Å². The predicted octanol–water partition coefficient (Wildman–Crippen LogP) is 3.02. The van der Waals surface area contributed by atoms with Gasteiger partial charge in [0.15, 0.2) is 0 Å². The maximum atomic E-state index is 4.76. The molecule has 0 unspecified atom stereocenters. The summed E-state index contributed by atoms with van der Waals surface area (Å²) in [7, 11) is 4.76. The van der Waals surface area contributed by atoms with Gasteiger partial charge in [-0.25, -0.2) is 0 Å². The molecular formula is C11H16ClNZn. The third-order valence-corrected chi connectivity index (χ3v) is 2.06. The summed E-state index contributed by atoms with van der Waals surface area (Å²) in [4.78, 5) is 2.38. The molecule has 1 nitrogen and oxygen atoms in total. The summed E-state index contributed by atoms with van der Waals surface area (Å²) >= 11 is 0.847. The molecule has 0 aliphatic heterocycles. The predicted molar refractivity (Wildman–Crippen MR) is 57.8 cm³/mol. The van der Waals surface area contributed by atoms with E-state index in [1.54, 1.807) is 0 Å². The zero-order valence-corrected chi connectivity index (χ0v) is 12.7. The molecule has 14 heavy (non-hydrogen) atoms. The fourth-order valence-corrected chi connectivity index (χ4v) is 1.22. The Bertz CT molecular complexity index is 212. The molecule has 0 spiro atoms. The summed E-state index contributed by atoms with van der Waals surface area (Å²) in [5, 5.41) is 0. The molecule has 0 fully saturated rings. The first-order valence-electron chi connectivity index (χ1n) is 4.81. The maximum absolute atomic E-state index is 4.76. The molecule has 0 bridgehead atoms. The second-order valence-electron chi connectivity index (χ2n) is 2.85.